The van der Waals surface area contributed by atoms with E-state index in [2.05, 4.69) is 10.5 Å². The molecule has 144 valence electrons. The number of nitrogens with zero attached hydrogens (tertiary/aromatic N) is 1. The lowest BCUT2D eigenvalue weighted by Gasteiger charge is -2.05. The van der Waals surface area contributed by atoms with E-state index >= 15 is 0 Å². The van der Waals surface area contributed by atoms with Crippen molar-refractivity contribution in [2.24, 2.45) is 0 Å². The molecule has 0 bridgehead atoms. The maximum Gasteiger partial charge on any atom is 0.246 e. The highest BCUT2D eigenvalue weighted by Gasteiger charge is 2.16. The third-order valence-corrected chi connectivity index (χ3v) is 4.35. The van der Waals surface area contributed by atoms with E-state index in [1.807, 2.05) is 30.3 Å². The molecule has 0 aliphatic carbocycles. The fourth-order valence-corrected chi connectivity index (χ4v) is 2.79. The molecule has 3 aromatic rings. The monoisotopic (exact) mass is 400 g/mol. The molecule has 7 nitrogen and oxygen atoms in total. The highest BCUT2D eigenvalue weighted by molar-refractivity contribution is 6.30. The first-order valence-electron chi connectivity index (χ1n) is 8.62. The molecule has 1 aromatic heterocycles. The smallest absolute Gasteiger partial charge is 0.246 e. The van der Waals surface area contributed by atoms with Gasteiger partial charge in [-0.25, -0.2) is 0 Å². The Morgan fingerprint density at radius 2 is 1.93 bits per heavy atom. The molecule has 0 spiro atoms. The summed E-state index contributed by atoms with van der Waals surface area (Å²) in [5.41, 5.74) is 2.38. The van der Waals surface area contributed by atoms with E-state index in [0.29, 0.717) is 34.5 Å². The van der Waals surface area contributed by atoms with Gasteiger partial charge in [0.25, 0.3) is 0 Å². The molecule has 28 heavy (non-hydrogen) atoms. The third-order valence-electron chi connectivity index (χ3n) is 4.10. The zero-order valence-corrected chi connectivity index (χ0v) is 15.6. The SMILES string of the molecule is O=C(COCc1cc(-c2ccc3c(c2)OCO3)on1)NCc1ccc(Cl)cc1. The van der Waals surface area contributed by atoms with Gasteiger partial charge in [0.1, 0.15) is 12.3 Å². The van der Waals surface area contributed by atoms with Crippen LogP contribution < -0.4 is 14.8 Å². The fraction of sp³-hybridized carbons (Fsp3) is 0.200. The molecule has 1 aliphatic heterocycles. The van der Waals surface area contributed by atoms with E-state index in [1.165, 1.54) is 0 Å². The van der Waals surface area contributed by atoms with E-state index in [1.54, 1.807) is 18.2 Å². The van der Waals surface area contributed by atoms with Crippen LogP contribution in [0.4, 0.5) is 0 Å². The number of amides is 1. The van der Waals surface area contributed by atoms with Gasteiger partial charge in [0.2, 0.25) is 12.7 Å². The summed E-state index contributed by atoms with van der Waals surface area (Å²) in [6, 6.07) is 14.6. The number of ether oxygens (including phenoxy) is 3. The molecule has 4 rings (SSSR count). The zero-order chi connectivity index (χ0) is 19.3. The lowest BCUT2D eigenvalue weighted by atomic mass is 10.1. The second-order valence-electron chi connectivity index (χ2n) is 6.15. The number of carbonyl (C=O) groups excluding carboxylic acids is 1. The van der Waals surface area contributed by atoms with E-state index < -0.39 is 0 Å². The van der Waals surface area contributed by atoms with Gasteiger partial charge < -0.3 is 24.1 Å². The number of carbonyl (C=O) groups is 1. The van der Waals surface area contributed by atoms with E-state index in [4.69, 9.17) is 30.3 Å². The molecule has 2 aromatic carbocycles. The minimum atomic E-state index is -0.213. The summed E-state index contributed by atoms with van der Waals surface area (Å²) in [7, 11) is 0. The summed E-state index contributed by atoms with van der Waals surface area (Å²) in [5.74, 6) is 1.75. The summed E-state index contributed by atoms with van der Waals surface area (Å²) >= 11 is 5.83. The predicted octanol–water partition coefficient (Wildman–Crippen LogP) is 3.56. The first kappa shape index (κ1) is 18.3. The molecule has 1 aliphatic rings. The number of nitrogens with one attached hydrogen (secondary N) is 1. The molecular formula is C20H17ClN2O5. The molecule has 0 atom stereocenters. The number of hydrogen-bond donors (Lipinski definition) is 1. The van der Waals surface area contributed by atoms with Gasteiger partial charge in [0.15, 0.2) is 17.3 Å². The molecule has 0 saturated carbocycles. The highest BCUT2D eigenvalue weighted by atomic mass is 35.5. The second kappa shape index (κ2) is 8.33. The quantitative estimate of drug-likeness (QED) is 0.653. The third kappa shape index (κ3) is 4.44. The predicted molar refractivity (Wildman–Crippen MR) is 101 cm³/mol. The van der Waals surface area contributed by atoms with E-state index in [-0.39, 0.29) is 25.9 Å². The van der Waals surface area contributed by atoms with Gasteiger partial charge in [-0.1, -0.05) is 28.9 Å². The van der Waals surface area contributed by atoms with Crippen molar-refractivity contribution < 1.29 is 23.5 Å². The number of aromatic nitrogens is 1. The Balaban J connectivity index is 1.24. The minimum Gasteiger partial charge on any atom is -0.454 e. The minimum absolute atomic E-state index is 0.0696. The topological polar surface area (TPSA) is 82.8 Å². The first-order chi connectivity index (χ1) is 13.7. The van der Waals surface area contributed by atoms with Gasteiger partial charge >= 0.3 is 0 Å². The van der Waals surface area contributed by atoms with E-state index in [9.17, 15) is 4.79 Å². The molecular weight excluding hydrogens is 384 g/mol. The van der Waals surface area contributed by atoms with Crippen molar-refractivity contribution in [2.45, 2.75) is 13.2 Å². The maximum absolute atomic E-state index is 11.9. The Bertz CT molecular complexity index is 971. The van der Waals surface area contributed by atoms with Crippen molar-refractivity contribution in [3.63, 3.8) is 0 Å². The average Bonchev–Trinajstić information content (AvgIpc) is 3.36. The summed E-state index contributed by atoms with van der Waals surface area (Å²) in [6.07, 6.45) is 0. The van der Waals surface area contributed by atoms with Crippen molar-refractivity contribution >= 4 is 17.5 Å². The lowest BCUT2D eigenvalue weighted by Crippen LogP contribution is -2.27. The normalized spacial score (nSPS) is 12.2. The van der Waals surface area contributed by atoms with Crippen molar-refractivity contribution in [3.8, 4) is 22.8 Å². The van der Waals surface area contributed by atoms with Crippen LogP contribution in [-0.4, -0.2) is 24.5 Å². The van der Waals surface area contributed by atoms with Crippen LogP contribution in [0.15, 0.2) is 53.1 Å². The van der Waals surface area contributed by atoms with Crippen LogP contribution in [0.25, 0.3) is 11.3 Å². The van der Waals surface area contributed by atoms with Crippen LogP contribution in [-0.2, 0) is 22.7 Å². The Labute approximate surface area is 166 Å². The molecule has 0 saturated heterocycles. The molecule has 2 heterocycles. The number of rotatable bonds is 7. The Morgan fingerprint density at radius 3 is 2.79 bits per heavy atom. The fourth-order valence-electron chi connectivity index (χ4n) is 2.67. The summed E-state index contributed by atoms with van der Waals surface area (Å²) in [4.78, 5) is 11.9. The number of fused-ring (bicyclic) bond motifs is 1. The molecule has 1 N–H and O–H groups in total. The summed E-state index contributed by atoms with van der Waals surface area (Å²) < 4.78 is 21.4. The number of hydrogen-bond acceptors (Lipinski definition) is 6. The van der Waals surface area contributed by atoms with Gasteiger partial charge in [-0.3, -0.25) is 4.79 Å². The lowest BCUT2D eigenvalue weighted by molar-refractivity contribution is -0.126. The van der Waals surface area contributed by atoms with Gasteiger partial charge in [0.05, 0.1) is 6.61 Å². The zero-order valence-electron chi connectivity index (χ0n) is 14.8. The van der Waals surface area contributed by atoms with Crippen LogP contribution in [0, 0.1) is 0 Å². The van der Waals surface area contributed by atoms with Crippen LogP contribution in [0.3, 0.4) is 0 Å². The summed E-state index contributed by atoms with van der Waals surface area (Å²) in [6.45, 7) is 0.730. The summed E-state index contributed by atoms with van der Waals surface area (Å²) in [5, 5.41) is 7.41. The van der Waals surface area contributed by atoms with E-state index in [0.717, 1.165) is 11.1 Å². The Morgan fingerprint density at radius 1 is 1.11 bits per heavy atom. The average molecular weight is 401 g/mol. The number of benzene rings is 2. The van der Waals surface area contributed by atoms with Crippen LogP contribution in [0.1, 0.15) is 11.3 Å². The largest absolute Gasteiger partial charge is 0.454 e. The van der Waals surface area contributed by atoms with Crippen LogP contribution >= 0.6 is 11.6 Å². The second-order valence-corrected chi connectivity index (χ2v) is 6.58. The first-order valence-corrected chi connectivity index (χ1v) is 9.00. The molecule has 1 amide bonds. The van der Waals surface area contributed by atoms with Crippen LogP contribution in [0.5, 0.6) is 11.5 Å². The van der Waals surface area contributed by atoms with Crippen molar-refractivity contribution in [3.05, 3.63) is 64.8 Å². The highest BCUT2D eigenvalue weighted by Crippen LogP contribution is 2.36. The van der Waals surface area contributed by atoms with Crippen LogP contribution in [0.2, 0.25) is 5.02 Å². The van der Waals surface area contributed by atoms with Gasteiger partial charge in [-0.05, 0) is 35.9 Å². The van der Waals surface area contributed by atoms with Gasteiger partial charge in [0, 0.05) is 23.2 Å². The molecule has 0 fully saturated rings. The number of halogens is 1. The Hall–Kier alpha value is -3.03. The van der Waals surface area contributed by atoms with Crippen molar-refractivity contribution in [2.75, 3.05) is 13.4 Å². The van der Waals surface area contributed by atoms with Crippen molar-refractivity contribution in [1.29, 1.82) is 0 Å². The van der Waals surface area contributed by atoms with Gasteiger partial charge in [-0.2, -0.15) is 0 Å². The molecule has 0 radical (unpaired) electrons. The molecule has 8 heteroatoms. The maximum atomic E-state index is 11.9. The molecule has 0 unspecified atom stereocenters. The van der Waals surface area contributed by atoms with Gasteiger partial charge in [-0.15, -0.1) is 0 Å². The Kier molecular flexibility index (Phi) is 5.45. The van der Waals surface area contributed by atoms with Crippen molar-refractivity contribution in [1.82, 2.24) is 10.5 Å². The standard InChI is InChI=1S/C20H17ClN2O5/c21-15-4-1-13(2-5-15)9-22-20(24)11-25-10-16-8-18(28-23-16)14-3-6-17-19(7-14)27-12-26-17/h1-8H,9-12H2,(H,22,24).